The Labute approximate surface area is 207 Å². The number of carbonyl (C=O) groups excluding carboxylic acids is 1. The molecular weight excluding hydrogens is 436 g/mol. The normalized spacial score (nSPS) is 24.9. The van der Waals surface area contributed by atoms with Gasteiger partial charge in [0.05, 0.1) is 0 Å². The summed E-state index contributed by atoms with van der Waals surface area (Å²) in [6.07, 6.45) is 14.1. The number of carbonyl (C=O) groups is 1. The van der Waals surface area contributed by atoms with Gasteiger partial charge in [0, 0.05) is 13.0 Å². The molecule has 5 atom stereocenters. The summed E-state index contributed by atoms with van der Waals surface area (Å²) in [5.74, 6) is -0.336. The molecule has 0 aromatic rings. The van der Waals surface area contributed by atoms with Crippen LogP contribution < -0.4 is 0 Å². The third kappa shape index (κ3) is 14.0. The molecule has 7 heteroatoms. The molecule has 0 aliphatic carbocycles. The maximum Gasteiger partial charge on any atom is 0.305 e. The van der Waals surface area contributed by atoms with E-state index in [0.717, 1.165) is 25.7 Å². The van der Waals surface area contributed by atoms with Crippen LogP contribution in [0.2, 0.25) is 0 Å². The van der Waals surface area contributed by atoms with Gasteiger partial charge in [-0.15, -0.1) is 0 Å². The third-order valence-electron chi connectivity index (χ3n) is 6.55. The second kappa shape index (κ2) is 20.5. The number of hydrogen-bond acceptors (Lipinski definition) is 7. The molecule has 0 amide bonds. The van der Waals surface area contributed by atoms with E-state index in [4.69, 9.17) is 14.2 Å². The first-order chi connectivity index (χ1) is 16.5. The van der Waals surface area contributed by atoms with Crippen LogP contribution in [0.3, 0.4) is 0 Å². The summed E-state index contributed by atoms with van der Waals surface area (Å²) in [6.45, 7) is 4.36. The fourth-order valence-electron chi connectivity index (χ4n) is 4.31. The second-order valence-corrected chi connectivity index (χ2v) is 9.77. The molecule has 0 aromatic carbocycles. The Morgan fingerprint density at radius 1 is 0.676 bits per heavy atom. The van der Waals surface area contributed by atoms with E-state index in [0.29, 0.717) is 13.0 Å². The largest absolute Gasteiger partial charge is 0.463 e. The lowest BCUT2D eigenvalue weighted by Crippen LogP contribution is -2.59. The van der Waals surface area contributed by atoms with Crippen molar-refractivity contribution in [2.24, 2.45) is 0 Å². The summed E-state index contributed by atoms with van der Waals surface area (Å²) < 4.78 is 16.1. The van der Waals surface area contributed by atoms with Crippen LogP contribution in [0.1, 0.15) is 123 Å². The van der Waals surface area contributed by atoms with Gasteiger partial charge in [-0.25, -0.2) is 0 Å². The molecule has 1 saturated heterocycles. The first kappa shape index (κ1) is 31.3. The maximum absolute atomic E-state index is 12.0. The molecule has 1 aliphatic heterocycles. The highest BCUT2D eigenvalue weighted by Gasteiger charge is 2.44. The van der Waals surface area contributed by atoms with Gasteiger partial charge in [0.15, 0.2) is 6.29 Å². The summed E-state index contributed by atoms with van der Waals surface area (Å²) in [7, 11) is 0. The Balaban J connectivity index is 1.98. The van der Waals surface area contributed by atoms with E-state index in [9.17, 15) is 20.1 Å². The summed E-state index contributed by atoms with van der Waals surface area (Å²) in [6, 6.07) is 0. The number of unbranched alkanes of at least 4 members (excludes halogenated alkanes) is 14. The SMILES string of the molecule is CCCCCCCCCCCCCCCCCC(=O)OC[C@H]1OC(OCCC)[C@H](O)[C@@H](O)[C@@H]1O. The summed E-state index contributed by atoms with van der Waals surface area (Å²) in [4.78, 5) is 12.0. The van der Waals surface area contributed by atoms with Crippen LogP contribution in [0, 0.1) is 0 Å². The first-order valence-corrected chi connectivity index (χ1v) is 14.0. The average molecular weight is 489 g/mol. The van der Waals surface area contributed by atoms with Crippen molar-refractivity contribution in [3.8, 4) is 0 Å². The van der Waals surface area contributed by atoms with Crippen molar-refractivity contribution < 1.29 is 34.3 Å². The topological polar surface area (TPSA) is 105 Å². The van der Waals surface area contributed by atoms with E-state index in [2.05, 4.69) is 6.92 Å². The lowest BCUT2D eigenvalue weighted by molar-refractivity contribution is -0.301. The predicted molar refractivity (Wildman–Crippen MR) is 133 cm³/mol. The molecule has 1 fully saturated rings. The zero-order valence-corrected chi connectivity index (χ0v) is 21.8. The fourth-order valence-corrected chi connectivity index (χ4v) is 4.31. The van der Waals surface area contributed by atoms with Crippen LogP contribution in [-0.2, 0) is 19.0 Å². The van der Waals surface area contributed by atoms with Crippen molar-refractivity contribution >= 4 is 5.97 Å². The minimum Gasteiger partial charge on any atom is -0.463 e. The Hall–Kier alpha value is -0.730. The van der Waals surface area contributed by atoms with Gasteiger partial charge in [-0.05, 0) is 12.8 Å². The van der Waals surface area contributed by atoms with Crippen LogP contribution >= 0.6 is 0 Å². The van der Waals surface area contributed by atoms with Crippen molar-refractivity contribution in [3.05, 3.63) is 0 Å². The number of esters is 1. The molecule has 0 bridgehead atoms. The van der Waals surface area contributed by atoms with Crippen molar-refractivity contribution in [2.75, 3.05) is 13.2 Å². The minimum absolute atomic E-state index is 0.172. The van der Waals surface area contributed by atoms with Gasteiger partial charge in [-0.2, -0.15) is 0 Å². The smallest absolute Gasteiger partial charge is 0.305 e. The standard InChI is InChI=1S/C27H52O7/c1-3-5-6-7-8-9-10-11-12-13-14-15-16-17-18-19-23(28)33-21-22-24(29)25(30)26(31)27(34-22)32-20-4-2/h22,24-27,29-31H,3-21H2,1-2H3/t22-,24-,25+,26-,27?/m1/s1. The van der Waals surface area contributed by atoms with Crippen molar-refractivity contribution in [1.29, 1.82) is 0 Å². The minimum atomic E-state index is -1.41. The quantitative estimate of drug-likeness (QED) is 0.154. The van der Waals surface area contributed by atoms with Crippen LogP contribution in [0.4, 0.5) is 0 Å². The molecule has 34 heavy (non-hydrogen) atoms. The Morgan fingerprint density at radius 3 is 1.68 bits per heavy atom. The van der Waals surface area contributed by atoms with Crippen molar-refractivity contribution in [3.63, 3.8) is 0 Å². The average Bonchev–Trinajstić information content (AvgIpc) is 2.84. The van der Waals surface area contributed by atoms with E-state index in [1.165, 1.54) is 77.0 Å². The second-order valence-electron chi connectivity index (χ2n) is 9.77. The van der Waals surface area contributed by atoms with Crippen LogP contribution in [0.25, 0.3) is 0 Å². The van der Waals surface area contributed by atoms with Gasteiger partial charge >= 0.3 is 5.97 Å². The molecular formula is C27H52O7. The maximum atomic E-state index is 12.0. The summed E-state index contributed by atoms with van der Waals surface area (Å²) in [5.41, 5.74) is 0. The molecule has 1 heterocycles. The number of hydrogen-bond donors (Lipinski definition) is 3. The molecule has 0 spiro atoms. The lowest BCUT2D eigenvalue weighted by Gasteiger charge is -2.39. The number of rotatable bonds is 21. The highest BCUT2D eigenvalue weighted by atomic mass is 16.7. The van der Waals surface area contributed by atoms with E-state index < -0.39 is 30.7 Å². The third-order valence-corrected chi connectivity index (χ3v) is 6.55. The highest BCUT2D eigenvalue weighted by Crippen LogP contribution is 2.23. The zero-order chi connectivity index (χ0) is 25.0. The first-order valence-electron chi connectivity index (χ1n) is 14.0. The monoisotopic (exact) mass is 488 g/mol. The fraction of sp³-hybridized carbons (Fsp3) is 0.963. The molecule has 7 nitrogen and oxygen atoms in total. The summed E-state index contributed by atoms with van der Waals surface area (Å²) in [5, 5.41) is 30.1. The van der Waals surface area contributed by atoms with E-state index in [1.807, 2.05) is 6.92 Å². The van der Waals surface area contributed by atoms with E-state index in [1.54, 1.807) is 0 Å². The number of aliphatic hydroxyl groups excluding tert-OH is 3. The molecule has 1 aliphatic rings. The Bertz CT molecular complexity index is 488. The van der Waals surface area contributed by atoms with Gasteiger partial charge in [0.1, 0.15) is 31.0 Å². The van der Waals surface area contributed by atoms with Crippen LogP contribution in [0.15, 0.2) is 0 Å². The highest BCUT2D eigenvalue weighted by molar-refractivity contribution is 5.69. The zero-order valence-electron chi connectivity index (χ0n) is 21.8. The molecule has 1 rings (SSSR count). The van der Waals surface area contributed by atoms with Gasteiger partial charge in [-0.3, -0.25) is 4.79 Å². The lowest BCUT2D eigenvalue weighted by atomic mass is 9.99. The molecule has 202 valence electrons. The van der Waals surface area contributed by atoms with Gasteiger partial charge in [0.25, 0.3) is 0 Å². The Morgan fingerprint density at radius 2 is 1.18 bits per heavy atom. The molecule has 0 aromatic heterocycles. The van der Waals surface area contributed by atoms with Crippen molar-refractivity contribution in [2.45, 2.75) is 154 Å². The van der Waals surface area contributed by atoms with Gasteiger partial charge in [0.2, 0.25) is 0 Å². The summed E-state index contributed by atoms with van der Waals surface area (Å²) >= 11 is 0. The van der Waals surface area contributed by atoms with E-state index >= 15 is 0 Å². The van der Waals surface area contributed by atoms with Crippen LogP contribution in [-0.4, -0.2) is 65.2 Å². The van der Waals surface area contributed by atoms with Gasteiger partial charge in [-0.1, -0.05) is 104 Å². The molecule has 1 unspecified atom stereocenters. The molecule has 0 radical (unpaired) electrons. The molecule has 3 N–H and O–H groups in total. The molecule has 0 saturated carbocycles. The Kier molecular flexibility index (Phi) is 18.8. The van der Waals surface area contributed by atoms with Gasteiger partial charge < -0.3 is 29.5 Å². The van der Waals surface area contributed by atoms with Crippen molar-refractivity contribution in [1.82, 2.24) is 0 Å². The number of ether oxygens (including phenoxy) is 3. The predicted octanol–water partition coefficient (Wildman–Crippen LogP) is 5.03. The number of aliphatic hydroxyl groups is 3. The van der Waals surface area contributed by atoms with E-state index in [-0.39, 0.29) is 12.6 Å². The van der Waals surface area contributed by atoms with Crippen LogP contribution in [0.5, 0.6) is 0 Å².